The van der Waals surface area contributed by atoms with Crippen LogP contribution < -0.4 is 0 Å². The van der Waals surface area contributed by atoms with Gasteiger partial charge in [-0.15, -0.1) is 0 Å². The normalized spacial score (nSPS) is 39.7. The molecule has 2 aliphatic carbocycles. The van der Waals surface area contributed by atoms with Gasteiger partial charge in [0.2, 0.25) is 11.8 Å². The van der Waals surface area contributed by atoms with E-state index in [4.69, 9.17) is 5.11 Å². The molecule has 2 amide bonds. The van der Waals surface area contributed by atoms with Crippen LogP contribution in [-0.4, -0.2) is 54.6 Å². The molecular formula is C14H15Br2NO6. The zero-order valence-electron chi connectivity index (χ0n) is 11.9. The number of carboxylic acids is 2. The number of likely N-dealkylation sites (tertiary alicyclic amines) is 1. The van der Waals surface area contributed by atoms with Crippen molar-refractivity contribution in [3.05, 3.63) is 0 Å². The number of hydrogen-bond acceptors (Lipinski definition) is 4. The quantitative estimate of drug-likeness (QED) is 0.476. The molecule has 3 aliphatic rings. The topological polar surface area (TPSA) is 112 Å². The summed E-state index contributed by atoms with van der Waals surface area (Å²) in [5.41, 5.74) is 0. The number of nitrogens with zero attached hydrogens (tertiary/aromatic N) is 1. The molecular weight excluding hydrogens is 438 g/mol. The molecule has 0 unspecified atom stereocenters. The number of imide groups is 1. The van der Waals surface area contributed by atoms with Crippen LogP contribution in [0.4, 0.5) is 0 Å². The number of carboxylic acid groups (broad SMARTS) is 2. The van der Waals surface area contributed by atoms with E-state index in [0.717, 1.165) is 11.3 Å². The molecule has 0 spiro atoms. The summed E-state index contributed by atoms with van der Waals surface area (Å²) in [5, 5.41) is 18.1. The number of carbonyl (C=O) groups is 4. The molecule has 9 heteroatoms. The summed E-state index contributed by atoms with van der Waals surface area (Å²) >= 11 is 7.11. The fraction of sp³-hybridized carbons (Fsp3) is 0.714. The molecule has 3 fully saturated rings. The van der Waals surface area contributed by atoms with Gasteiger partial charge in [0.1, 0.15) is 6.04 Å². The lowest BCUT2D eigenvalue weighted by Crippen LogP contribution is -2.46. The number of hydrogen-bond donors (Lipinski definition) is 2. The van der Waals surface area contributed by atoms with Gasteiger partial charge in [-0.2, -0.15) is 0 Å². The zero-order chi connectivity index (χ0) is 17.0. The third-order valence-electron chi connectivity index (χ3n) is 5.25. The minimum atomic E-state index is -1.40. The lowest BCUT2D eigenvalue weighted by Gasteiger charge is -2.28. The van der Waals surface area contributed by atoms with Crippen LogP contribution in [-0.2, 0) is 19.2 Å². The Hall–Kier alpha value is -0.960. The van der Waals surface area contributed by atoms with Crippen LogP contribution in [0.1, 0.15) is 19.3 Å². The van der Waals surface area contributed by atoms with E-state index in [1.807, 2.05) is 0 Å². The van der Waals surface area contributed by atoms with Gasteiger partial charge in [0.05, 0.1) is 11.8 Å². The molecule has 0 radical (unpaired) electrons. The summed E-state index contributed by atoms with van der Waals surface area (Å²) in [6.45, 7) is 0. The van der Waals surface area contributed by atoms with Gasteiger partial charge < -0.3 is 10.2 Å². The first-order valence-corrected chi connectivity index (χ1v) is 9.18. The third-order valence-corrected chi connectivity index (χ3v) is 8.46. The second kappa shape index (κ2) is 5.84. The minimum Gasteiger partial charge on any atom is -0.481 e. The first-order valence-electron chi connectivity index (χ1n) is 7.35. The number of amides is 2. The molecule has 3 rings (SSSR count). The molecule has 0 aromatic heterocycles. The van der Waals surface area contributed by atoms with E-state index >= 15 is 0 Å². The summed E-state index contributed by atoms with van der Waals surface area (Å²) < 4.78 is 0. The minimum absolute atomic E-state index is 0.00439. The highest BCUT2D eigenvalue weighted by Gasteiger charge is 2.67. The predicted molar refractivity (Wildman–Crippen MR) is 84.2 cm³/mol. The van der Waals surface area contributed by atoms with Crippen LogP contribution in [0.15, 0.2) is 0 Å². The van der Waals surface area contributed by atoms with Gasteiger partial charge in [-0.3, -0.25) is 19.3 Å². The van der Waals surface area contributed by atoms with Gasteiger partial charge in [-0.25, -0.2) is 4.79 Å². The number of rotatable bonds is 5. The van der Waals surface area contributed by atoms with Crippen LogP contribution in [0.2, 0.25) is 0 Å². The largest absolute Gasteiger partial charge is 0.481 e. The Morgan fingerprint density at radius 2 is 1.57 bits per heavy atom. The highest BCUT2D eigenvalue weighted by Crippen LogP contribution is 2.60. The summed E-state index contributed by atoms with van der Waals surface area (Å²) in [4.78, 5) is 48.5. The van der Waals surface area contributed by atoms with Crippen molar-refractivity contribution in [3.8, 4) is 0 Å². The number of halogens is 2. The average molecular weight is 453 g/mol. The second-order valence-electron chi connectivity index (χ2n) is 6.34. The molecule has 1 heterocycles. The average Bonchev–Trinajstić information content (AvgIpc) is 3.06. The maximum atomic E-state index is 12.7. The Labute approximate surface area is 148 Å². The second-order valence-corrected chi connectivity index (χ2v) is 8.45. The highest BCUT2D eigenvalue weighted by atomic mass is 79.9. The fourth-order valence-corrected chi connectivity index (χ4v) is 6.18. The molecule has 7 atom stereocenters. The summed E-state index contributed by atoms with van der Waals surface area (Å²) in [7, 11) is 0. The van der Waals surface area contributed by atoms with Gasteiger partial charge in [0, 0.05) is 16.1 Å². The zero-order valence-corrected chi connectivity index (χ0v) is 15.1. The molecule has 1 saturated heterocycles. The third kappa shape index (κ3) is 2.43. The molecule has 23 heavy (non-hydrogen) atoms. The standard InChI is InChI=1S/C14H15Br2NO6/c15-10-4-3-5(11(10)16)9-8(4)12(20)17(13(9)21)6(14(22)23)1-2-7(18)19/h4-6,8-11H,1-3H2,(H,18,19)(H,22,23)/t4-,5+,6-,8-,9+,10+,11-/m1/s1. The van der Waals surface area contributed by atoms with Crippen molar-refractivity contribution in [1.82, 2.24) is 4.90 Å². The van der Waals surface area contributed by atoms with Gasteiger partial charge in [-0.1, -0.05) is 31.9 Å². The van der Waals surface area contributed by atoms with Gasteiger partial charge in [-0.05, 0) is 24.7 Å². The van der Waals surface area contributed by atoms with Gasteiger partial charge >= 0.3 is 11.9 Å². The fourth-order valence-electron chi connectivity index (χ4n) is 4.30. The van der Waals surface area contributed by atoms with Crippen LogP contribution in [0.5, 0.6) is 0 Å². The molecule has 2 bridgehead atoms. The number of aliphatic carboxylic acids is 2. The van der Waals surface area contributed by atoms with Crippen LogP contribution in [0.25, 0.3) is 0 Å². The van der Waals surface area contributed by atoms with Gasteiger partial charge in [0.15, 0.2) is 0 Å². The first kappa shape index (κ1) is 16.9. The van der Waals surface area contributed by atoms with Crippen LogP contribution >= 0.6 is 31.9 Å². The Balaban J connectivity index is 1.87. The van der Waals surface area contributed by atoms with Crippen molar-refractivity contribution in [2.75, 3.05) is 0 Å². The van der Waals surface area contributed by atoms with Crippen molar-refractivity contribution in [2.24, 2.45) is 23.7 Å². The van der Waals surface area contributed by atoms with E-state index in [0.29, 0.717) is 0 Å². The lowest BCUT2D eigenvalue weighted by molar-refractivity contribution is -0.156. The Morgan fingerprint density at radius 1 is 1.09 bits per heavy atom. The molecule has 0 aromatic rings. The maximum absolute atomic E-state index is 12.7. The SMILES string of the molecule is O=C(O)CC[C@H](C(=O)O)N1C(=O)[C@@H]2[C@H]3C[C@H]([C@@H](Br)[C@H]3Br)[C@@H]2C1=O. The Bertz CT molecular complexity index is 564. The van der Waals surface area contributed by atoms with E-state index in [-0.39, 0.29) is 27.9 Å². The van der Waals surface area contributed by atoms with Crippen molar-refractivity contribution < 1.29 is 29.4 Å². The summed E-state index contributed by atoms with van der Waals surface area (Å²) in [5.74, 6) is -4.39. The van der Waals surface area contributed by atoms with Crippen molar-refractivity contribution in [3.63, 3.8) is 0 Å². The predicted octanol–water partition coefficient (Wildman–Crippen LogP) is 1.08. The van der Waals surface area contributed by atoms with Crippen molar-refractivity contribution >= 4 is 55.6 Å². The Morgan fingerprint density at radius 3 is 1.96 bits per heavy atom. The number of fused-ring (bicyclic) bond motifs is 5. The van der Waals surface area contributed by atoms with E-state index < -0.39 is 48.1 Å². The highest BCUT2D eigenvalue weighted by molar-refractivity contribution is 9.12. The smallest absolute Gasteiger partial charge is 0.326 e. The van der Waals surface area contributed by atoms with Crippen LogP contribution in [0.3, 0.4) is 0 Å². The maximum Gasteiger partial charge on any atom is 0.326 e. The van der Waals surface area contributed by atoms with E-state index in [1.165, 1.54) is 0 Å². The molecule has 7 nitrogen and oxygen atoms in total. The lowest BCUT2D eigenvalue weighted by atomic mass is 9.81. The van der Waals surface area contributed by atoms with Crippen molar-refractivity contribution in [2.45, 2.75) is 35.0 Å². The summed E-state index contributed by atoms with van der Waals surface area (Å²) in [6.07, 6.45) is 0.0874. The monoisotopic (exact) mass is 451 g/mol. The van der Waals surface area contributed by atoms with Gasteiger partial charge in [0.25, 0.3) is 0 Å². The summed E-state index contributed by atoms with van der Waals surface area (Å²) in [6, 6.07) is -1.40. The molecule has 1 aliphatic heterocycles. The van der Waals surface area contributed by atoms with Crippen molar-refractivity contribution in [1.29, 1.82) is 0 Å². The number of alkyl halides is 2. The van der Waals surface area contributed by atoms with E-state index in [2.05, 4.69) is 31.9 Å². The van der Waals surface area contributed by atoms with Crippen LogP contribution in [0, 0.1) is 23.7 Å². The first-order chi connectivity index (χ1) is 10.8. The molecule has 126 valence electrons. The van der Waals surface area contributed by atoms with E-state index in [9.17, 15) is 24.3 Å². The Kier molecular flexibility index (Phi) is 4.29. The molecule has 0 aromatic carbocycles. The molecule has 2 N–H and O–H groups in total. The van der Waals surface area contributed by atoms with E-state index in [1.54, 1.807) is 0 Å². The molecule has 2 saturated carbocycles. The number of carbonyl (C=O) groups excluding carboxylic acids is 2.